The number of aryl methyl sites for hydroxylation is 3. The Hall–Kier alpha value is -2.96. The van der Waals surface area contributed by atoms with Crippen LogP contribution in [0.5, 0.6) is 0 Å². The molecule has 152 valence electrons. The Morgan fingerprint density at radius 3 is 2.66 bits per heavy atom. The molecule has 1 aliphatic carbocycles. The van der Waals surface area contributed by atoms with E-state index < -0.39 is 0 Å². The molecule has 1 N–H and O–H groups in total. The molecule has 7 nitrogen and oxygen atoms in total. The lowest BCUT2D eigenvalue weighted by Crippen LogP contribution is -2.40. The van der Waals surface area contributed by atoms with Gasteiger partial charge in [-0.3, -0.25) is 9.59 Å². The average molecular weight is 393 g/mol. The van der Waals surface area contributed by atoms with Gasteiger partial charge in [0.25, 0.3) is 5.56 Å². The molecule has 0 aliphatic heterocycles. The summed E-state index contributed by atoms with van der Waals surface area (Å²) in [4.78, 5) is 25.7. The zero-order chi connectivity index (χ0) is 20.5. The normalized spacial score (nSPS) is 15.0. The molecular weight excluding hydrogens is 366 g/mol. The molecule has 0 unspecified atom stereocenters. The van der Waals surface area contributed by atoms with Crippen molar-refractivity contribution in [3.05, 3.63) is 51.6 Å². The predicted molar refractivity (Wildman–Crippen MR) is 112 cm³/mol. The minimum Gasteiger partial charge on any atom is -0.352 e. The van der Waals surface area contributed by atoms with Crippen LogP contribution in [0.2, 0.25) is 0 Å². The fourth-order valence-electron chi connectivity index (χ4n) is 4.21. The number of benzene rings is 1. The topological polar surface area (TPSA) is 81.8 Å². The van der Waals surface area contributed by atoms with Crippen molar-refractivity contribution in [3.63, 3.8) is 0 Å². The van der Waals surface area contributed by atoms with Gasteiger partial charge in [0.15, 0.2) is 0 Å². The number of nitrogens with zero attached hydrogens (tertiary/aromatic N) is 4. The summed E-state index contributed by atoms with van der Waals surface area (Å²) in [6, 6.07) is 6.23. The molecule has 1 saturated carbocycles. The molecule has 4 rings (SSSR count). The lowest BCUT2D eigenvalue weighted by atomic mass is 9.95. The number of hydrogen-bond donors (Lipinski definition) is 1. The van der Waals surface area contributed by atoms with Crippen molar-refractivity contribution >= 4 is 16.8 Å². The maximum atomic E-state index is 13.2. The van der Waals surface area contributed by atoms with Gasteiger partial charge in [0.1, 0.15) is 12.1 Å². The summed E-state index contributed by atoms with van der Waals surface area (Å²) in [6.07, 6.45) is 7.19. The van der Waals surface area contributed by atoms with Crippen molar-refractivity contribution < 1.29 is 4.79 Å². The highest BCUT2D eigenvalue weighted by Crippen LogP contribution is 2.21. The number of aromatic nitrogens is 4. The van der Waals surface area contributed by atoms with Crippen LogP contribution in [-0.4, -0.2) is 31.5 Å². The Labute approximate surface area is 169 Å². The number of nitrogens with one attached hydrogen (secondary N) is 1. The van der Waals surface area contributed by atoms with Gasteiger partial charge < -0.3 is 5.32 Å². The number of fused-ring (bicyclic) bond motifs is 1. The van der Waals surface area contributed by atoms with E-state index in [1.165, 1.54) is 11.1 Å². The van der Waals surface area contributed by atoms with E-state index in [0.717, 1.165) is 42.5 Å². The molecule has 3 aromatic rings. The van der Waals surface area contributed by atoms with E-state index in [0.29, 0.717) is 16.6 Å². The van der Waals surface area contributed by atoms with Gasteiger partial charge in [0.05, 0.1) is 17.6 Å². The minimum atomic E-state index is -0.304. The highest BCUT2D eigenvalue weighted by Gasteiger charge is 2.19. The Kier molecular flexibility index (Phi) is 5.22. The third-order valence-electron chi connectivity index (χ3n) is 5.71. The van der Waals surface area contributed by atoms with Gasteiger partial charge >= 0.3 is 0 Å². The zero-order valence-electron chi connectivity index (χ0n) is 17.2. The third kappa shape index (κ3) is 3.81. The quantitative estimate of drug-likeness (QED) is 0.739. The molecule has 2 heterocycles. The summed E-state index contributed by atoms with van der Waals surface area (Å²) < 4.78 is 2.92. The zero-order valence-corrected chi connectivity index (χ0v) is 17.2. The predicted octanol–water partition coefficient (Wildman–Crippen LogP) is 2.96. The van der Waals surface area contributed by atoms with Crippen LogP contribution in [0.15, 0.2) is 29.2 Å². The van der Waals surface area contributed by atoms with Gasteiger partial charge in [-0.15, -0.1) is 0 Å². The monoisotopic (exact) mass is 393 g/mol. The van der Waals surface area contributed by atoms with E-state index in [1.54, 1.807) is 10.9 Å². The first-order valence-corrected chi connectivity index (χ1v) is 10.3. The molecule has 2 aromatic heterocycles. The van der Waals surface area contributed by atoms with Gasteiger partial charge in [-0.1, -0.05) is 37.0 Å². The molecule has 29 heavy (non-hydrogen) atoms. The Balaban J connectivity index is 1.70. The maximum Gasteiger partial charge on any atom is 0.293 e. The lowest BCUT2D eigenvalue weighted by molar-refractivity contribution is -0.122. The van der Waals surface area contributed by atoms with Crippen molar-refractivity contribution in [3.8, 4) is 5.69 Å². The van der Waals surface area contributed by atoms with Gasteiger partial charge in [-0.2, -0.15) is 10.2 Å². The highest BCUT2D eigenvalue weighted by molar-refractivity contribution is 5.82. The van der Waals surface area contributed by atoms with Crippen LogP contribution in [0.25, 0.3) is 16.6 Å². The molecule has 1 aliphatic rings. The molecular formula is C22H27N5O2. The van der Waals surface area contributed by atoms with Crippen LogP contribution in [0, 0.1) is 20.8 Å². The molecule has 1 aromatic carbocycles. The van der Waals surface area contributed by atoms with Crippen LogP contribution in [-0.2, 0) is 11.3 Å². The summed E-state index contributed by atoms with van der Waals surface area (Å²) >= 11 is 0. The summed E-state index contributed by atoms with van der Waals surface area (Å²) in [5.74, 6) is -0.164. The first kappa shape index (κ1) is 19.4. The fourth-order valence-corrected chi connectivity index (χ4v) is 4.21. The van der Waals surface area contributed by atoms with E-state index in [1.807, 2.05) is 32.9 Å². The van der Waals surface area contributed by atoms with Crippen molar-refractivity contribution in [2.45, 2.75) is 65.5 Å². The summed E-state index contributed by atoms with van der Waals surface area (Å²) in [7, 11) is 0. The second kappa shape index (κ2) is 7.81. The van der Waals surface area contributed by atoms with E-state index >= 15 is 0 Å². The first-order valence-electron chi connectivity index (χ1n) is 10.3. The van der Waals surface area contributed by atoms with E-state index in [9.17, 15) is 9.59 Å². The van der Waals surface area contributed by atoms with Crippen LogP contribution < -0.4 is 10.9 Å². The van der Waals surface area contributed by atoms with Gasteiger partial charge in [0.2, 0.25) is 5.91 Å². The Morgan fingerprint density at radius 1 is 1.17 bits per heavy atom. The maximum absolute atomic E-state index is 13.2. The molecule has 0 spiro atoms. The van der Waals surface area contributed by atoms with E-state index in [4.69, 9.17) is 0 Å². The van der Waals surface area contributed by atoms with Crippen LogP contribution in [0.4, 0.5) is 0 Å². The second-order valence-electron chi connectivity index (χ2n) is 8.06. The number of rotatable bonds is 4. The largest absolute Gasteiger partial charge is 0.352 e. The van der Waals surface area contributed by atoms with Crippen LogP contribution in [0.3, 0.4) is 0 Å². The molecule has 1 amide bonds. The fraction of sp³-hybridized carbons (Fsp3) is 0.455. The van der Waals surface area contributed by atoms with Crippen LogP contribution in [0.1, 0.15) is 48.9 Å². The molecule has 0 saturated heterocycles. The first-order chi connectivity index (χ1) is 13.9. The van der Waals surface area contributed by atoms with E-state index in [-0.39, 0.29) is 24.1 Å². The molecule has 7 heteroatoms. The number of carbonyl (C=O) groups excluding carboxylic acids is 1. The minimum absolute atomic E-state index is 0.0792. The van der Waals surface area contributed by atoms with Crippen molar-refractivity contribution in [2.24, 2.45) is 0 Å². The molecule has 0 radical (unpaired) electrons. The summed E-state index contributed by atoms with van der Waals surface area (Å²) in [6.45, 7) is 5.79. The number of carbonyl (C=O) groups is 1. The van der Waals surface area contributed by atoms with Crippen molar-refractivity contribution in [1.82, 2.24) is 24.9 Å². The Bertz CT molecular complexity index is 1120. The second-order valence-corrected chi connectivity index (χ2v) is 8.06. The smallest absolute Gasteiger partial charge is 0.293 e. The highest BCUT2D eigenvalue weighted by atomic mass is 16.2. The number of amides is 1. The third-order valence-corrected chi connectivity index (χ3v) is 5.71. The van der Waals surface area contributed by atoms with Crippen molar-refractivity contribution in [2.75, 3.05) is 0 Å². The Morgan fingerprint density at radius 2 is 1.93 bits per heavy atom. The summed E-state index contributed by atoms with van der Waals surface area (Å²) in [5.41, 5.74) is 3.87. The average Bonchev–Trinajstić information content (AvgIpc) is 3.12. The van der Waals surface area contributed by atoms with Crippen LogP contribution >= 0.6 is 0 Å². The number of hydrogen-bond acceptors (Lipinski definition) is 4. The lowest BCUT2D eigenvalue weighted by Gasteiger charge is -2.22. The summed E-state index contributed by atoms with van der Waals surface area (Å²) in [5, 5.41) is 12.6. The van der Waals surface area contributed by atoms with Gasteiger partial charge in [0, 0.05) is 11.4 Å². The van der Waals surface area contributed by atoms with Gasteiger partial charge in [-0.05, 0) is 45.2 Å². The molecule has 1 fully saturated rings. The van der Waals surface area contributed by atoms with E-state index in [2.05, 4.69) is 21.6 Å². The molecule has 0 atom stereocenters. The van der Waals surface area contributed by atoms with Crippen molar-refractivity contribution in [1.29, 1.82) is 0 Å². The van der Waals surface area contributed by atoms with Gasteiger partial charge in [-0.25, -0.2) is 9.36 Å². The SMILES string of the molecule is Cc1ccc(-n2ncc3c(C)nn(CC(=O)NC4CCCCC4)c(=O)c32)c(C)c1. The standard InChI is InChI=1S/C22H27N5O2/c1-14-9-10-19(15(2)11-14)27-21-18(12-23-27)16(3)25-26(22(21)29)13-20(28)24-17-7-5-4-6-8-17/h9-12,17H,4-8,13H2,1-3H3,(H,24,28). The molecule has 0 bridgehead atoms.